The summed E-state index contributed by atoms with van der Waals surface area (Å²) in [7, 11) is 2.14. The third-order valence-corrected chi connectivity index (χ3v) is 6.41. The van der Waals surface area contributed by atoms with E-state index >= 15 is 0 Å². The topological polar surface area (TPSA) is 34.5 Å². The van der Waals surface area contributed by atoms with E-state index in [1.807, 2.05) is 6.07 Å². The number of nitrogens with zero attached hydrogens (tertiary/aromatic N) is 2. The highest BCUT2D eigenvalue weighted by Crippen LogP contribution is 2.47. The Kier molecular flexibility index (Phi) is 3.50. The summed E-state index contributed by atoms with van der Waals surface area (Å²) in [6, 6.07) is 18.7. The van der Waals surface area contributed by atoms with Crippen LogP contribution in [0.5, 0.6) is 0 Å². The molecule has 0 unspecified atom stereocenters. The summed E-state index contributed by atoms with van der Waals surface area (Å²) in [5, 5.41) is 1.24. The Morgan fingerprint density at radius 3 is 2.52 bits per heavy atom. The summed E-state index contributed by atoms with van der Waals surface area (Å²) in [6.07, 6.45) is 0. The number of morpholine rings is 1. The van der Waals surface area contributed by atoms with Crippen molar-refractivity contribution >= 4 is 16.9 Å². The number of aromatic nitrogens is 1. The van der Waals surface area contributed by atoms with Crippen molar-refractivity contribution in [3.8, 4) is 0 Å². The molecule has 2 aliphatic heterocycles. The maximum atomic E-state index is 12.9. The van der Waals surface area contributed by atoms with Crippen LogP contribution in [0.1, 0.15) is 36.7 Å². The minimum Gasteiger partial charge on any atom is -0.462 e. The number of aryl methyl sites for hydroxylation is 1. The number of carbonyl (C=O) groups is 1. The van der Waals surface area contributed by atoms with Crippen molar-refractivity contribution in [3.05, 3.63) is 71.4 Å². The van der Waals surface area contributed by atoms with Crippen LogP contribution in [0.2, 0.25) is 0 Å². The van der Waals surface area contributed by atoms with Gasteiger partial charge in [-0.15, -0.1) is 0 Å². The molecule has 4 nitrogen and oxygen atoms in total. The lowest BCUT2D eigenvalue weighted by molar-refractivity contribution is -0.169. The molecule has 2 aromatic carbocycles. The first kappa shape index (κ1) is 16.6. The maximum Gasteiger partial charge on any atom is 0.324 e. The number of fused-ring (bicyclic) bond motifs is 4. The second-order valence-corrected chi connectivity index (χ2v) is 8.25. The van der Waals surface area contributed by atoms with Gasteiger partial charge in [0.15, 0.2) is 0 Å². The molecule has 2 aliphatic rings. The SMILES string of the molecule is Cn1c2c(c3ccccc31)C(C)(C)[C@H]1C(=O)OC[C@@H](c3ccccc3)N1C2. The van der Waals surface area contributed by atoms with Crippen molar-refractivity contribution < 1.29 is 9.53 Å². The van der Waals surface area contributed by atoms with Gasteiger partial charge in [0, 0.05) is 35.6 Å². The number of benzene rings is 2. The summed E-state index contributed by atoms with van der Waals surface area (Å²) in [4.78, 5) is 15.3. The molecule has 1 saturated heterocycles. The first-order chi connectivity index (χ1) is 13.0. The van der Waals surface area contributed by atoms with Crippen molar-refractivity contribution in [1.29, 1.82) is 0 Å². The zero-order chi connectivity index (χ0) is 18.8. The van der Waals surface area contributed by atoms with E-state index in [1.54, 1.807) is 0 Å². The Bertz CT molecular complexity index is 1040. The van der Waals surface area contributed by atoms with E-state index < -0.39 is 0 Å². The summed E-state index contributed by atoms with van der Waals surface area (Å²) < 4.78 is 7.99. The molecule has 0 saturated carbocycles. The third kappa shape index (κ3) is 2.23. The lowest BCUT2D eigenvalue weighted by Crippen LogP contribution is -2.60. The number of hydrogen-bond acceptors (Lipinski definition) is 3. The van der Waals surface area contributed by atoms with Crippen molar-refractivity contribution in [1.82, 2.24) is 9.47 Å². The number of ether oxygens (including phenoxy) is 1. The lowest BCUT2D eigenvalue weighted by Gasteiger charge is -2.50. The van der Waals surface area contributed by atoms with Gasteiger partial charge < -0.3 is 9.30 Å². The fraction of sp³-hybridized carbons (Fsp3) is 0.348. The second kappa shape index (κ2) is 5.70. The molecule has 0 bridgehead atoms. The molecule has 1 fully saturated rings. The Hall–Kier alpha value is -2.59. The van der Waals surface area contributed by atoms with Crippen molar-refractivity contribution in [2.24, 2.45) is 7.05 Å². The monoisotopic (exact) mass is 360 g/mol. The van der Waals surface area contributed by atoms with Crippen LogP contribution in [0.3, 0.4) is 0 Å². The number of esters is 1. The molecule has 3 aromatic rings. The van der Waals surface area contributed by atoms with Gasteiger partial charge in [-0.25, -0.2) is 0 Å². The molecule has 0 radical (unpaired) electrons. The quantitative estimate of drug-likeness (QED) is 0.617. The Labute approximate surface area is 159 Å². The lowest BCUT2D eigenvalue weighted by atomic mass is 9.71. The number of para-hydroxylation sites is 1. The van der Waals surface area contributed by atoms with Crippen LogP contribution in [0.4, 0.5) is 0 Å². The highest BCUT2D eigenvalue weighted by Gasteiger charge is 2.52. The van der Waals surface area contributed by atoms with Gasteiger partial charge in [0.25, 0.3) is 0 Å². The number of carbonyl (C=O) groups excluding carboxylic acids is 1. The predicted octanol–water partition coefficient (Wildman–Crippen LogP) is 3.94. The standard InChI is InChI=1S/C23H24N2O2/c1-23(2)20-16-11-7-8-12-17(16)24(3)18(20)13-25-19(14-27-22(26)21(23)25)15-9-5-4-6-10-15/h4-12,19,21H,13-14H2,1-3H3/t19-,21+/m0/s1. The van der Waals surface area contributed by atoms with Gasteiger partial charge in [0.1, 0.15) is 12.6 Å². The van der Waals surface area contributed by atoms with Gasteiger partial charge in [-0.1, -0.05) is 62.4 Å². The molecule has 1 aromatic heterocycles. The summed E-state index contributed by atoms with van der Waals surface area (Å²) in [5.41, 5.74) is 4.67. The molecule has 5 rings (SSSR count). The maximum absolute atomic E-state index is 12.9. The highest BCUT2D eigenvalue weighted by molar-refractivity contribution is 5.89. The third-order valence-electron chi connectivity index (χ3n) is 6.41. The first-order valence-corrected chi connectivity index (χ1v) is 9.54. The van der Waals surface area contributed by atoms with Gasteiger partial charge in [-0.3, -0.25) is 9.69 Å². The minimum atomic E-state index is -0.334. The van der Waals surface area contributed by atoms with E-state index in [-0.39, 0.29) is 23.5 Å². The Morgan fingerprint density at radius 1 is 1.04 bits per heavy atom. The van der Waals surface area contributed by atoms with E-state index in [9.17, 15) is 4.79 Å². The van der Waals surface area contributed by atoms with E-state index in [4.69, 9.17) is 4.74 Å². The van der Waals surface area contributed by atoms with E-state index in [0.717, 1.165) is 6.54 Å². The van der Waals surface area contributed by atoms with Crippen LogP contribution in [0.25, 0.3) is 10.9 Å². The molecular weight excluding hydrogens is 336 g/mol. The first-order valence-electron chi connectivity index (χ1n) is 9.54. The normalized spacial score (nSPS) is 24.3. The molecule has 0 aliphatic carbocycles. The summed E-state index contributed by atoms with van der Waals surface area (Å²) >= 11 is 0. The average Bonchev–Trinajstić information content (AvgIpc) is 2.96. The number of cyclic esters (lactones) is 1. The van der Waals surface area contributed by atoms with E-state index in [1.165, 1.54) is 27.7 Å². The smallest absolute Gasteiger partial charge is 0.324 e. The van der Waals surface area contributed by atoms with Crippen molar-refractivity contribution in [2.75, 3.05) is 6.61 Å². The minimum absolute atomic E-state index is 0.0827. The second-order valence-electron chi connectivity index (χ2n) is 8.25. The molecule has 0 spiro atoms. The molecule has 0 amide bonds. The average molecular weight is 360 g/mol. The largest absolute Gasteiger partial charge is 0.462 e. The van der Waals surface area contributed by atoms with E-state index in [2.05, 4.69) is 78.9 Å². The van der Waals surface area contributed by atoms with Crippen LogP contribution in [0, 0.1) is 0 Å². The molecule has 0 N–H and O–H groups in total. The fourth-order valence-electron chi connectivity index (χ4n) is 5.18. The molecular formula is C23H24N2O2. The Morgan fingerprint density at radius 2 is 1.74 bits per heavy atom. The van der Waals surface area contributed by atoms with Crippen LogP contribution < -0.4 is 0 Å². The molecule has 4 heteroatoms. The van der Waals surface area contributed by atoms with E-state index in [0.29, 0.717) is 6.61 Å². The van der Waals surface area contributed by atoms with Crippen molar-refractivity contribution in [3.63, 3.8) is 0 Å². The molecule has 138 valence electrons. The summed E-state index contributed by atoms with van der Waals surface area (Å²) in [6.45, 7) is 5.53. The summed E-state index contributed by atoms with van der Waals surface area (Å²) in [5.74, 6) is -0.106. The fourth-order valence-corrected chi connectivity index (χ4v) is 5.18. The number of hydrogen-bond donors (Lipinski definition) is 0. The molecule has 3 heterocycles. The van der Waals surface area contributed by atoms with Gasteiger partial charge >= 0.3 is 5.97 Å². The Balaban J connectivity index is 1.72. The van der Waals surface area contributed by atoms with Crippen LogP contribution in [-0.2, 0) is 28.5 Å². The van der Waals surface area contributed by atoms with Gasteiger partial charge in [-0.05, 0) is 17.2 Å². The van der Waals surface area contributed by atoms with Crippen LogP contribution in [0.15, 0.2) is 54.6 Å². The van der Waals surface area contributed by atoms with Crippen LogP contribution >= 0.6 is 0 Å². The predicted molar refractivity (Wildman–Crippen MR) is 105 cm³/mol. The zero-order valence-corrected chi connectivity index (χ0v) is 16.0. The molecule has 27 heavy (non-hydrogen) atoms. The van der Waals surface area contributed by atoms with Crippen LogP contribution in [-0.4, -0.2) is 28.1 Å². The highest BCUT2D eigenvalue weighted by atomic mass is 16.5. The van der Waals surface area contributed by atoms with Crippen molar-refractivity contribution in [2.45, 2.75) is 37.9 Å². The van der Waals surface area contributed by atoms with Gasteiger partial charge in [0.2, 0.25) is 0 Å². The van der Waals surface area contributed by atoms with Gasteiger partial charge in [0.05, 0.1) is 6.04 Å². The molecule has 2 atom stereocenters. The number of rotatable bonds is 1. The van der Waals surface area contributed by atoms with Gasteiger partial charge in [-0.2, -0.15) is 0 Å². The zero-order valence-electron chi connectivity index (χ0n) is 16.0.